The third-order valence-electron chi connectivity index (χ3n) is 3.55. The lowest BCUT2D eigenvalue weighted by Crippen LogP contribution is -2.57. The molecule has 2 rings (SSSR count). The molecule has 0 aliphatic carbocycles. The first-order valence-corrected chi connectivity index (χ1v) is 6.44. The molecule has 4 nitrogen and oxygen atoms in total. The van der Waals surface area contributed by atoms with Crippen LogP contribution in [0.4, 0.5) is 0 Å². The van der Waals surface area contributed by atoms with Gasteiger partial charge in [0.2, 0.25) is 0 Å². The minimum Gasteiger partial charge on any atom is -0.357 e. The van der Waals surface area contributed by atoms with E-state index in [1.54, 1.807) is 6.20 Å². The number of aromatic nitrogens is 1. The largest absolute Gasteiger partial charge is 0.357 e. The Bertz CT molecular complexity index is 361. The first-order valence-electron chi connectivity index (χ1n) is 6.44. The zero-order valence-corrected chi connectivity index (χ0v) is 10.6. The minimum absolute atomic E-state index is 0.127. The van der Waals surface area contributed by atoms with E-state index in [0.717, 1.165) is 25.9 Å². The molecule has 0 spiro atoms. The topological polar surface area (TPSA) is 48.1 Å². The molecule has 94 valence electrons. The van der Waals surface area contributed by atoms with E-state index in [4.69, 9.17) is 0 Å². The Morgan fingerprint density at radius 3 is 2.88 bits per heavy atom. The third kappa shape index (κ3) is 2.52. The zero-order chi connectivity index (χ0) is 12.3. The van der Waals surface area contributed by atoms with E-state index >= 15 is 0 Å². The predicted octanol–water partition coefficient (Wildman–Crippen LogP) is 1.62. The normalized spacial score (nSPS) is 24.9. The quantitative estimate of drug-likeness (QED) is 0.836. The number of amides is 1. The third-order valence-corrected chi connectivity index (χ3v) is 3.55. The van der Waals surface area contributed by atoms with Crippen LogP contribution in [0.3, 0.4) is 0 Å². The van der Waals surface area contributed by atoms with Crippen LogP contribution in [0.2, 0.25) is 0 Å². The molecule has 2 heterocycles. The number of nitrogens with zero attached hydrogens (tertiary/aromatic N) is 1. The number of nitrogens with one attached hydrogen (secondary N) is 2. The van der Waals surface area contributed by atoms with Gasteiger partial charge in [-0.1, -0.05) is 13.8 Å². The van der Waals surface area contributed by atoms with Crippen molar-refractivity contribution in [3.05, 3.63) is 24.0 Å². The van der Waals surface area contributed by atoms with E-state index in [1.807, 2.05) is 17.0 Å². The highest BCUT2D eigenvalue weighted by atomic mass is 16.2. The van der Waals surface area contributed by atoms with E-state index in [1.165, 1.54) is 0 Å². The van der Waals surface area contributed by atoms with Crippen molar-refractivity contribution in [3.8, 4) is 0 Å². The molecule has 1 aliphatic heterocycles. The molecule has 1 saturated heterocycles. The van der Waals surface area contributed by atoms with Crippen LogP contribution >= 0.6 is 0 Å². The van der Waals surface area contributed by atoms with Gasteiger partial charge in [-0.15, -0.1) is 0 Å². The lowest BCUT2D eigenvalue weighted by molar-refractivity contribution is 0.0570. The summed E-state index contributed by atoms with van der Waals surface area (Å²) in [6.45, 7) is 6.00. The molecule has 0 aromatic carbocycles. The fourth-order valence-corrected chi connectivity index (χ4v) is 2.37. The van der Waals surface area contributed by atoms with E-state index in [0.29, 0.717) is 17.8 Å². The predicted molar refractivity (Wildman–Crippen MR) is 68.0 cm³/mol. The molecule has 1 aromatic heterocycles. The van der Waals surface area contributed by atoms with Gasteiger partial charge in [-0.25, -0.2) is 0 Å². The SMILES string of the molecule is CCC1CN(C(=O)c2ccc[nH]2)C(CC)CN1. The number of H-pyrrole nitrogens is 1. The Labute approximate surface area is 102 Å². The molecule has 1 amide bonds. The fraction of sp³-hybridized carbons (Fsp3) is 0.615. The molecule has 0 bridgehead atoms. The molecule has 4 heteroatoms. The Kier molecular flexibility index (Phi) is 3.84. The minimum atomic E-state index is 0.127. The second kappa shape index (κ2) is 5.36. The highest BCUT2D eigenvalue weighted by molar-refractivity contribution is 5.92. The summed E-state index contributed by atoms with van der Waals surface area (Å²) in [6, 6.07) is 4.46. The lowest BCUT2D eigenvalue weighted by Gasteiger charge is -2.39. The second-order valence-corrected chi connectivity index (χ2v) is 4.62. The van der Waals surface area contributed by atoms with E-state index in [-0.39, 0.29) is 5.91 Å². The molecule has 17 heavy (non-hydrogen) atoms. The van der Waals surface area contributed by atoms with Crippen LogP contribution in [-0.4, -0.2) is 41.0 Å². The number of aromatic amines is 1. The van der Waals surface area contributed by atoms with Crippen molar-refractivity contribution in [3.63, 3.8) is 0 Å². The standard InChI is InChI=1S/C13H21N3O/c1-3-10-9-16(11(4-2)8-15-10)13(17)12-6-5-7-14-12/h5-7,10-11,14-15H,3-4,8-9H2,1-2H3. The van der Waals surface area contributed by atoms with E-state index in [2.05, 4.69) is 24.1 Å². The number of carbonyl (C=O) groups excluding carboxylic acids is 1. The van der Waals surface area contributed by atoms with Gasteiger partial charge in [0.15, 0.2) is 0 Å². The average Bonchev–Trinajstić information content (AvgIpc) is 2.91. The molecular weight excluding hydrogens is 214 g/mol. The molecule has 2 N–H and O–H groups in total. The summed E-state index contributed by atoms with van der Waals surface area (Å²) in [4.78, 5) is 17.4. The second-order valence-electron chi connectivity index (χ2n) is 4.62. The van der Waals surface area contributed by atoms with Crippen molar-refractivity contribution in [1.29, 1.82) is 0 Å². The van der Waals surface area contributed by atoms with Gasteiger partial charge in [-0.2, -0.15) is 0 Å². The highest BCUT2D eigenvalue weighted by Crippen LogP contribution is 2.15. The van der Waals surface area contributed by atoms with Gasteiger partial charge < -0.3 is 15.2 Å². The first kappa shape index (κ1) is 12.2. The lowest BCUT2D eigenvalue weighted by atomic mass is 10.0. The molecule has 2 unspecified atom stereocenters. The van der Waals surface area contributed by atoms with Crippen molar-refractivity contribution in [2.45, 2.75) is 38.8 Å². The van der Waals surface area contributed by atoms with Gasteiger partial charge in [0.25, 0.3) is 5.91 Å². The molecule has 0 radical (unpaired) electrons. The fourth-order valence-electron chi connectivity index (χ4n) is 2.37. The number of rotatable bonds is 3. The van der Waals surface area contributed by atoms with E-state index < -0.39 is 0 Å². The summed E-state index contributed by atoms with van der Waals surface area (Å²) in [6.07, 6.45) is 3.86. The summed E-state index contributed by atoms with van der Waals surface area (Å²) in [5.74, 6) is 0.127. The summed E-state index contributed by atoms with van der Waals surface area (Å²) in [5.41, 5.74) is 0.695. The number of hydrogen-bond donors (Lipinski definition) is 2. The van der Waals surface area contributed by atoms with Crippen LogP contribution < -0.4 is 5.32 Å². The van der Waals surface area contributed by atoms with Crippen LogP contribution in [0.15, 0.2) is 18.3 Å². The number of piperazine rings is 1. The van der Waals surface area contributed by atoms with Crippen LogP contribution in [0, 0.1) is 0 Å². The van der Waals surface area contributed by atoms with Crippen LogP contribution in [-0.2, 0) is 0 Å². The van der Waals surface area contributed by atoms with Crippen molar-refractivity contribution in [2.75, 3.05) is 13.1 Å². The Balaban J connectivity index is 2.12. The van der Waals surface area contributed by atoms with E-state index in [9.17, 15) is 4.79 Å². The van der Waals surface area contributed by atoms with Gasteiger partial charge in [0.1, 0.15) is 5.69 Å². The molecule has 0 saturated carbocycles. The Morgan fingerprint density at radius 1 is 1.47 bits per heavy atom. The summed E-state index contributed by atoms with van der Waals surface area (Å²) in [5, 5.41) is 3.50. The van der Waals surface area contributed by atoms with Crippen LogP contribution in [0.1, 0.15) is 37.2 Å². The average molecular weight is 235 g/mol. The van der Waals surface area contributed by atoms with Gasteiger partial charge >= 0.3 is 0 Å². The molecule has 2 atom stereocenters. The highest BCUT2D eigenvalue weighted by Gasteiger charge is 2.30. The Morgan fingerprint density at radius 2 is 2.29 bits per heavy atom. The van der Waals surface area contributed by atoms with Crippen LogP contribution in [0.25, 0.3) is 0 Å². The maximum Gasteiger partial charge on any atom is 0.270 e. The van der Waals surface area contributed by atoms with Crippen molar-refractivity contribution < 1.29 is 4.79 Å². The van der Waals surface area contributed by atoms with Gasteiger partial charge in [-0.3, -0.25) is 4.79 Å². The summed E-state index contributed by atoms with van der Waals surface area (Å²) in [7, 11) is 0. The Hall–Kier alpha value is -1.29. The van der Waals surface area contributed by atoms with Gasteiger partial charge in [0.05, 0.1) is 0 Å². The zero-order valence-electron chi connectivity index (χ0n) is 10.6. The van der Waals surface area contributed by atoms with Crippen molar-refractivity contribution in [2.24, 2.45) is 0 Å². The first-order chi connectivity index (χ1) is 8.26. The summed E-state index contributed by atoms with van der Waals surface area (Å²) < 4.78 is 0. The van der Waals surface area contributed by atoms with Crippen molar-refractivity contribution >= 4 is 5.91 Å². The smallest absolute Gasteiger partial charge is 0.270 e. The van der Waals surface area contributed by atoms with Gasteiger partial charge in [-0.05, 0) is 25.0 Å². The maximum absolute atomic E-state index is 12.4. The summed E-state index contributed by atoms with van der Waals surface area (Å²) >= 11 is 0. The molecule has 1 aliphatic rings. The van der Waals surface area contributed by atoms with Crippen molar-refractivity contribution in [1.82, 2.24) is 15.2 Å². The van der Waals surface area contributed by atoms with Gasteiger partial charge in [0, 0.05) is 31.4 Å². The molecular formula is C13H21N3O. The maximum atomic E-state index is 12.4. The molecule has 1 aromatic rings. The van der Waals surface area contributed by atoms with Crippen LogP contribution in [0.5, 0.6) is 0 Å². The number of carbonyl (C=O) groups is 1. The molecule has 1 fully saturated rings. The number of hydrogen-bond acceptors (Lipinski definition) is 2. The monoisotopic (exact) mass is 235 g/mol.